The van der Waals surface area contributed by atoms with Gasteiger partial charge in [-0.3, -0.25) is 14.6 Å². The molecule has 1 N–H and O–H groups in total. The highest BCUT2D eigenvalue weighted by atomic mass is 32.2. The topological polar surface area (TPSA) is 127 Å². The summed E-state index contributed by atoms with van der Waals surface area (Å²) in [5.41, 5.74) is 2.31. The molecule has 5 heterocycles. The summed E-state index contributed by atoms with van der Waals surface area (Å²) in [5.74, 6) is -0.0126. The van der Waals surface area contributed by atoms with E-state index in [2.05, 4.69) is 34.0 Å². The highest BCUT2D eigenvalue weighted by Crippen LogP contribution is 2.46. The summed E-state index contributed by atoms with van der Waals surface area (Å²) in [4.78, 5) is 42.5. The van der Waals surface area contributed by atoms with Gasteiger partial charge in [-0.1, -0.05) is 43.4 Å². The third-order valence-electron chi connectivity index (χ3n) is 6.52. The number of hydrogen-bond donors (Lipinski definition) is 1. The van der Waals surface area contributed by atoms with Gasteiger partial charge in [0.05, 0.1) is 45.1 Å². The number of nitrogens with one attached hydrogen (secondary N) is 1. The van der Waals surface area contributed by atoms with Crippen molar-refractivity contribution in [2.75, 3.05) is 16.0 Å². The van der Waals surface area contributed by atoms with Crippen molar-refractivity contribution in [3.8, 4) is 10.4 Å². The summed E-state index contributed by atoms with van der Waals surface area (Å²) in [5, 5.41) is 4.29. The molecule has 1 aliphatic rings. The Kier molecular flexibility index (Phi) is 7.40. The first-order valence-electron chi connectivity index (χ1n) is 12.4. The molecular formula is C26H28N6O4S3. The summed E-state index contributed by atoms with van der Waals surface area (Å²) in [6.07, 6.45) is 4.96. The lowest BCUT2D eigenvalue weighted by molar-refractivity contribution is -0.115. The molecule has 0 saturated carbocycles. The van der Waals surface area contributed by atoms with Crippen LogP contribution < -0.4 is 15.8 Å². The molecule has 0 bridgehead atoms. The van der Waals surface area contributed by atoms with Crippen LogP contribution in [0.1, 0.15) is 43.1 Å². The molecule has 0 spiro atoms. The number of hydrogen-bond acceptors (Lipinski definition) is 10. The molecule has 0 radical (unpaired) electrons. The highest BCUT2D eigenvalue weighted by molar-refractivity contribution is 7.91. The minimum Gasteiger partial charge on any atom is -0.334 e. The normalized spacial score (nSPS) is 15.1. The van der Waals surface area contributed by atoms with Crippen LogP contribution in [0.15, 0.2) is 52.5 Å². The Morgan fingerprint density at radius 2 is 1.95 bits per heavy atom. The molecule has 1 amide bonds. The summed E-state index contributed by atoms with van der Waals surface area (Å²) in [6, 6.07) is 6.43. The van der Waals surface area contributed by atoms with E-state index in [-0.39, 0.29) is 40.5 Å². The Morgan fingerprint density at radius 1 is 1.15 bits per heavy atom. The quantitative estimate of drug-likeness (QED) is 0.329. The van der Waals surface area contributed by atoms with Crippen LogP contribution in [0.25, 0.3) is 10.4 Å². The van der Waals surface area contributed by atoms with Gasteiger partial charge in [-0.25, -0.2) is 18.4 Å². The molecule has 1 aliphatic heterocycles. The lowest BCUT2D eigenvalue weighted by Crippen LogP contribution is -2.26. The second kappa shape index (κ2) is 10.6. The summed E-state index contributed by atoms with van der Waals surface area (Å²) >= 11 is 3.03. The third-order valence-corrected chi connectivity index (χ3v) is 10.3. The largest absolute Gasteiger partial charge is 0.334 e. The Hall–Kier alpha value is -3.42. The highest BCUT2D eigenvalue weighted by Gasteiger charge is 2.37. The van der Waals surface area contributed by atoms with E-state index in [4.69, 9.17) is 4.98 Å². The third kappa shape index (κ3) is 5.52. The maximum Gasteiger partial charge on any atom is 0.250 e. The molecular weight excluding hydrogens is 557 g/mol. The number of thiazole rings is 2. The number of aromatic nitrogens is 4. The molecule has 39 heavy (non-hydrogen) atoms. The number of carbonyl (C=O) groups is 1. The minimum atomic E-state index is -3.34. The molecule has 13 heteroatoms. The number of carbonyl (C=O) groups excluding carboxylic acids is 1. The molecule has 1 atom stereocenters. The van der Waals surface area contributed by atoms with Gasteiger partial charge in [0, 0.05) is 43.0 Å². The Bertz CT molecular complexity index is 1690. The minimum absolute atomic E-state index is 0.00305. The van der Waals surface area contributed by atoms with Gasteiger partial charge in [-0.15, -0.1) is 0 Å². The van der Waals surface area contributed by atoms with Crippen molar-refractivity contribution in [1.82, 2.24) is 19.5 Å². The van der Waals surface area contributed by atoms with Gasteiger partial charge in [0.2, 0.25) is 11.5 Å². The standard InChI is InChI=1S/C26H28N6O4S3/c1-5-39(35,36)18-8-7-17(27-11-18)10-21(33)29-25-30-23-20(37-25)14-32(24(23)15(2)3)26-28-12-19(38-26)16-6-9-22(34)31(4)13-16/h6-9,11-13,15,24H,5,10,14H2,1-4H3,(H,29,30,33)/t24-/m0/s1. The van der Waals surface area contributed by atoms with Gasteiger partial charge in [0.1, 0.15) is 0 Å². The molecule has 10 nitrogen and oxygen atoms in total. The van der Waals surface area contributed by atoms with Gasteiger partial charge >= 0.3 is 0 Å². The van der Waals surface area contributed by atoms with Crippen molar-refractivity contribution in [1.29, 1.82) is 0 Å². The lowest BCUT2D eigenvalue weighted by Gasteiger charge is -2.27. The first-order chi connectivity index (χ1) is 18.6. The van der Waals surface area contributed by atoms with Crippen LogP contribution in [0, 0.1) is 5.92 Å². The molecule has 4 aromatic rings. The lowest BCUT2D eigenvalue weighted by atomic mass is 10.0. The van der Waals surface area contributed by atoms with Crippen molar-refractivity contribution in [3.05, 3.63) is 69.5 Å². The monoisotopic (exact) mass is 584 g/mol. The van der Waals surface area contributed by atoms with E-state index >= 15 is 0 Å². The molecule has 0 aliphatic carbocycles. The molecule has 4 aromatic heterocycles. The first kappa shape index (κ1) is 27.2. The Balaban J connectivity index is 1.29. The van der Waals surface area contributed by atoms with E-state index in [9.17, 15) is 18.0 Å². The number of sulfone groups is 1. The van der Waals surface area contributed by atoms with Crippen LogP contribution >= 0.6 is 22.7 Å². The molecule has 0 unspecified atom stereocenters. The van der Waals surface area contributed by atoms with Crippen molar-refractivity contribution < 1.29 is 13.2 Å². The number of nitrogens with zero attached hydrogens (tertiary/aromatic N) is 5. The number of fused-ring (bicyclic) bond motifs is 1. The van der Waals surface area contributed by atoms with E-state index in [1.54, 1.807) is 42.0 Å². The second-order valence-corrected chi connectivity index (χ2v) is 14.0. The SMILES string of the molecule is CCS(=O)(=O)c1ccc(CC(=O)Nc2nc3c(s2)CN(c2ncc(-c4ccc(=O)n(C)c4)s2)[C@H]3C(C)C)nc1. The zero-order valence-electron chi connectivity index (χ0n) is 21.9. The van der Waals surface area contributed by atoms with Crippen molar-refractivity contribution in [2.45, 2.75) is 44.7 Å². The molecule has 0 fully saturated rings. The zero-order chi connectivity index (χ0) is 27.9. The number of anilines is 2. The average molecular weight is 585 g/mol. The molecule has 204 valence electrons. The molecule has 0 aromatic carbocycles. The molecule has 0 saturated heterocycles. The van der Waals surface area contributed by atoms with Gasteiger partial charge in [0.15, 0.2) is 20.1 Å². The zero-order valence-corrected chi connectivity index (χ0v) is 24.4. The predicted octanol–water partition coefficient (Wildman–Crippen LogP) is 4.05. The van der Waals surface area contributed by atoms with Gasteiger partial charge in [-0.2, -0.15) is 0 Å². The molecule has 5 rings (SSSR count). The number of pyridine rings is 2. The van der Waals surface area contributed by atoms with Crippen molar-refractivity contribution in [2.24, 2.45) is 13.0 Å². The summed E-state index contributed by atoms with van der Waals surface area (Å²) in [6.45, 7) is 6.50. The maximum atomic E-state index is 12.7. The van der Waals surface area contributed by atoms with Crippen molar-refractivity contribution >= 4 is 48.7 Å². The fourth-order valence-corrected chi connectivity index (χ4v) is 7.27. The van der Waals surface area contributed by atoms with E-state index in [1.807, 2.05) is 18.5 Å². The number of aryl methyl sites for hydroxylation is 1. The smallest absolute Gasteiger partial charge is 0.250 e. The van der Waals surface area contributed by atoms with E-state index in [0.29, 0.717) is 17.4 Å². The fraction of sp³-hybridized carbons (Fsp3) is 0.346. The van der Waals surface area contributed by atoms with Crippen LogP contribution in [0.4, 0.5) is 10.3 Å². The first-order valence-corrected chi connectivity index (χ1v) is 15.7. The maximum absolute atomic E-state index is 12.7. The Morgan fingerprint density at radius 3 is 2.62 bits per heavy atom. The predicted molar refractivity (Wildman–Crippen MR) is 153 cm³/mol. The summed E-state index contributed by atoms with van der Waals surface area (Å²) < 4.78 is 25.5. The Labute approximate surface area is 234 Å². The second-order valence-electron chi connectivity index (χ2n) is 9.63. The van der Waals surface area contributed by atoms with E-state index < -0.39 is 9.84 Å². The van der Waals surface area contributed by atoms with Crippen LogP contribution in [0.5, 0.6) is 0 Å². The van der Waals surface area contributed by atoms with Gasteiger partial charge in [0.25, 0.3) is 0 Å². The van der Waals surface area contributed by atoms with Gasteiger partial charge in [-0.05, 0) is 24.1 Å². The van der Waals surface area contributed by atoms with Crippen LogP contribution in [-0.2, 0) is 34.6 Å². The number of amides is 1. The van der Waals surface area contributed by atoms with Gasteiger partial charge < -0.3 is 14.8 Å². The van der Waals surface area contributed by atoms with E-state index in [1.165, 1.54) is 23.6 Å². The van der Waals surface area contributed by atoms with Crippen LogP contribution in [0.2, 0.25) is 0 Å². The average Bonchev–Trinajstić information content (AvgIpc) is 3.60. The summed E-state index contributed by atoms with van der Waals surface area (Å²) in [7, 11) is -1.60. The van der Waals surface area contributed by atoms with Crippen LogP contribution in [-0.4, -0.2) is 39.6 Å². The van der Waals surface area contributed by atoms with Crippen molar-refractivity contribution in [3.63, 3.8) is 0 Å². The fourth-order valence-electron chi connectivity index (χ4n) is 4.49. The number of rotatable bonds is 8. The van der Waals surface area contributed by atoms with Crippen LogP contribution in [0.3, 0.4) is 0 Å². The van der Waals surface area contributed by atoms with E-state index in [0.717, 1.165) is 26.1 Å².